The van der Waals surface area contributed by atoms with Crippen molar-refractivity contribution in [2.45, 2.75) is 13.8 Å². The van der Waals surface area contributed by atoms with E-state index in [1.165, 1.54) is 11.1 Å². The van der Waals surface area contributed by atoms with Gasteiger partial charge in [-0.1, -0.05) is 72.8 Å². The largest absolute Gasteiger partial charge is 1.00 e. The Morgan fingerprint density at radius 3 is 1.88 bits per heavy atom. The second-order valence-electron chi connectivity index (χ2n) is 5.66. The minimum atomic E-state index is 0. The van der Waals surface area contributed by atoms with Gasteiger partial charge in [-0.3, -0.25) is 4.79 Å². The van der Waals surface area contributed by atoms with E-state index in [1.54, 1.807) is 0 Å². The molecule has 0 radical (unpaired) electrons. The molecule has 1 nitrogen and oxygen atoms in total. The Morgan fingerprint density at radius 2 is 1.29 bits per heavy atom. The molecule has 3 aromatic rings. The van der Waals surface area contributed by atoms with Crippen molar-refractivity contribution in [1.29, 1.82) is 0 Å². The van der Waals surface area contributed by atoms with E-state index in [0.29, 0.717) is 0 Å². The van der Waals surface area contributed by atoms with Crippen LogP contribution >= 0.6 is 8.58 Å². The topological polar surface area (TPSA) is 17.1 Å². The minimum absolute atomic E-state index is 0. The number of benzene rings is 3. The summed E-state index contributed by atoms with van der Waals surface area (Å²) in [5.41, 5.74) is 5.58. The van der Waals surface area contributed by atoms with Crippen molar-refractivity contribution in [3.8, 4) is 11.1 Å². The van der Waals surface area contributed by atoms with Crippen LogP contribution in [0.15, 0.2) is 72.8 Å². The Morgan fingerprint density at radius 1 is 0.750 bits per heavy atom. The molecule has 0 amide bonds. The first-order valence-electron chi connectivity index (χ1n) is 7.68. The summed E-state index contributed by atoms with van der Waals surface area (Å²) in [6.45, 7) is 4.01. The van der Waals surface area contributed by atoms with Crippen LogP contribution in [0.4, 0.5) is 0 Å². The molecule has 116 valence electrons. The van der Waals surface area contributed by atoms with E-state index >= 15 is 0 Å². The standard InChI is InChI=1S/C21H19OP.Li.H/c1-15-7-6-8-16(2)20(15)21(22)23-19-13-11-18(12-14-19)17-9-4-3-5-10-17;;/h3-14,23H,1-2H3;;/q;+1;-1. The Hall–Kier alpha value is -1.64. The molecule has 0 heterocycles. The van der Waals surface area contributed by atoms with Gasteiger partial charge >= 0.3 is 18.9 Å². The average molecular weight is 326 g/mol. The number of aryl methyl sites for hydroxylation is 2. The van der Waals surface area contributed by atoms with Gasteiger partial charge in [0.05, 0.1) is 0 Å². The van der Waals surface area contributed by atoms with Crippen LogP contribution in [0.5, 0.6) is 0 Å². The summed E-state index contributed by atoms with van der Waals surface area (Å²) in [7, 11) is 0.164. The second kappa shape index (κ2) is 8.45. The summed E-state index contributed by atoms with van der Waals surface area (Å²) < 4.78 is 0. The molecule has 3 rings (SSSR count). The number of carbonyl (C=O) groups excluding carboxylic acids is 1. The van der Waals surface area contributed by atoms with Gasteiger partial charge in [-0.2, -0.15) is 0 Å². The van der Waals surface area contributed by atoms with Gasteiger partial charge in [0, 0.05) is 5.56 Å². The Labute approximate surface area is 158 Å². The molecule has 3 heteroatoms. The zero-order valence-corrected chi connectivity index (χ0v) is 15.3. The van der Waals surface area contributed by atoms with Gasteiger partial charge in [0.2, 0.25) is 0 Å². The van der Waals surface area contributed by atoms with Crippen LogP contribution < -0.4 is 24.2 Å². The van der Waals surface area contributed by atoms with E-state index in [9.17, 15) is 4.79 Å². The maximum Gasteiger partial charge on any atom is 1.00 e. The van der Waals surface area contributed by atoms with Gasteiger partial charge in [0.15, 0.2) is 5.52 Å². The van der Waals surface area contributed by atoms with Crippen molar-refractivity contribution in [3.05, 3.63) is 89.5 Å². The van der Waals surface area contributed by atoms with Crippen molar-refractivity contribution < 1.29 is 25.1 Å². The average Bonchev–Trinajstić information content (AvgIpc) is 2.56. The van der Waals surface area contributed by atoms with E-state index in [-0.39, 0.29) is 34.4 Å². The third-order valence-corrected chi connectivity index (χ3v) is 5.06. The third kappa shape index (κ3) is 4.25. The molecule has 0 aliphatic carbocycles. The van der Waals surface area contributed by atoms with Gasteiger partial charge < -0.3 is 1.43 Å². The smallest absolute Gasteiger partial charge is 1.00 e. The fraction of sp³-hybridized carbons (Fsp3) is 0.0952. The van der Waals surface area contributed by atoms with Gasteiger partial charge in [-0.15, -0.1) is 0 Å². The summed E-state index contributed by atoms with van der Waals surface area (Å²) in [5.74, 6) is 0. The molecule has 0 fully saturated rings. The first-order chi connectivity index (χ1) is 11.1. The fourth-order valence-corrected chi connectivity index (χ4v) is 3.86. The van der Waals surface area contributed by atoms with Crippen molar-refractivity contribution in [2.75, 3.05) is 0 Å². The molecule has 1 unspecified atom stereocenters. The van der Waals surface area contributed by atoms with Crippen LogP contribution in [0.2, 0.25) is 0 Å². The Bertz CT molecular complexity index is 812. The predicted octanol–water partition coefficient (Wildman–Crippen LogP) is 2.23. The second-order valence-corrected chi connectivity index (χ2v) is 6.95. The van der Waals surface area contributed by atoms with Gasteiger partial charge in [-0.25, -0.2) is 0 Å². The fourth-order valence-electron chi connectivity index (χ4n) is 2.74. The predicted molar refractivity (Wildman–Crippen MR) is 101 cm³/mol. The zero-order chi connectivity index (χ0) is 16.2. The third-order valence-electron chi connectivity index (χ3n) is 3.96. The maximum atomic E-state index is 12.6. The maximum absolute atomic E-state index is 12.6. The first kappa shape index (κ1) is 18.7. The van der Waals surface area contributed by atoms with Gasteiger partial charge in [0.25, 0.3) is 0 Å². The minimum Gasteiger partial charge on any atom is -1.00 e. The molecule has 0 aliphatic heterocycles. The van der Waals surface area contributed by atoms with Crippen molar-refractivity contribution in [1.82, 2.24) is 0 Å². The molecule has 1 atom stereocenters. The van der Waals surface area contributed by atoms with E-state index in [2.05, 4.69) is 36.4 Å². The summed E-state index contributed by atoms with van der Waals surface area (Å²) in [6, 6.07) is 24.6. The van der Waals surface area contributed by atoms with E-state index in [1.807, 2.05) is 50.2 Å². The van der Waals surface area contributed by atoms with Crippen LogP contribution in [0, 0.1) is 13.8 Å². The molecular formula is C21H20LiOP. The van der Waals surface area contributed by atoms with Gasteiger partial charge in [-0.05, 0) is 50.0 Å². The van der Waals surface area contributed by atoms with Crippen molar-refractivity contribution in [3.63, 3.8) is 0 Å². The number of rotatable bonds is 4. The zero-order valence-electron chi connectivity index (χ0n) is 15.3. The van der Waals surface area contributed by atoms with Crippen LogP contribution in [0.3, 0.4) is 0 Å². The van der Waals surface area contributed by atoms with Crippen LogP contribution in [0.1, 0.15) is 22.9 Å². The molecule has 0 spiro atoms. The summed E-state index contributed by atoms with van der Waals surface area (Å²) in [5, 5.41) is 1.08. The number of carbonyl (C=O) groups is 1. The van der Waals surface area contributed by atoms with Crippen LogP contribution in [-0.4, -0.2) is 5.52 Å². The van der Waals surface area contributed by atoms with Crippen LogP contribution in [-0.2, 0) is 0 Å². The Balaban J connectivity index is 0.00000156. The van der Waals surface area contributed by atoms with Gasteiger partial charge in [0.1, 0.15) is 0 Å². The van der Waals surface area contributed by atoms with E-state index in [0.717, 1.165) is 22.0 Å². The van der Waals surface area contributed by atoms with E-state index < -0.39 is 0 Å². The molecule has 0 saturated heterocycles. The quantitative estimate of drug-likeness (QED) is 0.531. The molecule has 0 N–H and O–H groups in total. The first-order valence-corrected chi connectivity index (χ1v) is 8.68. The normalized spacial score (nSPS) is 10.6. The van der Waals surface area contributed by atoms with Crippen molar-refractivity contribution in [2.24, 2.45) is 0 Å². The van der Waals surface area contributed by atoms with E-state index in [4.69, 9.17) is 0 Å². The molecule has 24 heavy (non-hydrogen) atoms. The molecular weight excluding hydrogens is 306 g/mol. The molecule has 0 aromatic heterocycles. The summed E-state index contributed by atoms with van der Waals surface area (Å²) in [6.07, 6.45) is 0. The summed E-state index contributed by atoms with van der Waals surface area (Å²) in [4.78, 5) is 12.6. The number of hydrogen-bond donors (Lipinski definition) is 0. The molecule has 0 bridgehead atoms. The monoisotopic (exact) mass is 326 g/mol. The molecule has 0 saturated carbocycles. The molecule has 0 aliphatic rings. The van der Waals surface area contributed by atoms with Crippen molar-refractivity contribution >= 4 is 19.4 Å². The number of hydrogen-bond acceptors (Lipinski definition) is 1. The molecule has 3 aromatic carbocycles. The SMILES string of the molecule is Cc1cccc(C)c1C(=O)Pc1ccc(-c2ccccc2)cc1.[H-].[Li+]. The van der Waals surface area contributed by atoms with Crippen LogP contribution in [0.25, 0.3) is 11.1 Å². The Kier molecular flexibility index (Phi) is 6.58. The summed E-state index contributed by atoms with van der Waals surface area (Å²) >= 11 is 0.